The molecule has 38 heavy (non-hydrogen) atoms. The lowest BCUT2D eigenvalue weighted by molar-refractivity contribution is -0.945. The Balaban J connectivity index is 1.01. The molecule has 2 aromatic carbocycles. The molecule has 1 unspecified atom stereocenters. The van der Waals surface area contributed by atoms with E-state index in [1.807, 2.05) is 28.9 Å². The highest BCUT2D eigenvalue weighted by atomic mass is 32.2. The minimum absolute atomic E-state index is 0.154. The van der Waals surface area contributed by atoms with E-state index in [0.717, 1.165) is 81.5 Å². The van der Waals surface area contributed by atoms with Gasteiger partial charge in [-0.3, -0.25) is 4.79 Å². The number of benzene rings is 2. The first-order chi connectivity index (χ1) is 18.7. The first kappa shape index (κ1) is 25.2. The van der Waals surface area contributed by atoms with Crippen molar-refractivity contribution >= 4 is 23.4 Å². The molecular formula is C29H37N6O2S+. The monoisotopic (exact) mass is 533 g/mol. The van der Waals surface area contributed by atoms with E-state index >= 15 is 0 Å². The summed E-state index contributed by atoms with van der Waals surface area (Å²) < 4.78 is 7.57. The van der Waals surface area contributed by atoms with Gasteiger partial charge in [0.05, 0.1) is 44.0 Å². The first-order valence-corrected chi connectivity index (χ1v) is 14.7. The zero-order valence-corrected chi connectivity index (χ0v) is 22.9. The predicted octanol–water partition coefficient (Wildman–Crippen LogP) is 2.22. The highest BCUT2D eigenvalue weighted by Crippen LogP contribution is 2.31. The Bertz CT molecular complexity index is 1230. The van der Waals surface area contributed by atoms with Gasteiger partial charge in [0.15, 0.2) is 0 Å². The number of hydrogen-bond acceptors (Lipinski definition) is 6. The standard InChI is InChI=1S/C29H36N6O2S/c1-37-28-10-6-5-9-27(28)32-13-15-33(16-14-32)29(36)26-20-34-12-11-22(26)17-24(34)19-35-18-23(30-31-35)21-38-25-7-3-2-4-8-25/h2-10,18,22,24,26H,11-17,19-21H2,1H3/p+1/t22-,24+,26-/m0/s1. The number of carbonyl (C=O) groups is 1. The average molecular weight is 534 g/mol. The zero-order chi connectivity index (χ0) is 25.9. The van der Waals surface area contributed by atoms with Crippen molar-refractivity contribution in [1.29, 1.82) is 0 Å². The molecule has 2 bridgehead atoms. The summed E-state index contributed by atoms with van der Waals surface area (Å²) in [5.74, 6) is 2.73. The van der Waals surface area contributed by atoms with Crippen molar-refractivity contribution in [3.63, 3.8) is 0 Å². The molecule has 0 aliphatic carbocycles. The molecule has 9 heteroatoms. The van der Waals surface area contributed by atoms with Crippen LogP contribution in [0.5, 0.6) is 5.75 Å². The largest absolute Gasteiger partial charge is 0.495 e. The van der Waals surface area contributed by atoms with Crippen molar-refractivity contribution in [1.82, 2.24) is 19.9 Å². The summed E-state index contributed by atoms with van der Waals surface area (Å²) in [5.41, 5.74) is 2.14. The minimum atomic E-state index is 0.154. The number of quaternary nitrogens is 1. The maximum atomic E-state index is 13.6. The molecule has 3 aromatic rings. The van der Waals surface area contributed by atoms with Crippen LogP contribution in [0.2, 0.25) is 0 Å². The molecule has 5 heterocycles. The number of aromatic nitrogens is 3. The number of anilines is 1. The van der Waals surface area contributed by atoms with Gasteiger partial charge in [0.2, 0.25) is 5.91 Å². The molecule has 0 radical (unpaired) electrons. The van der Waals surface area contributed by atoms with Gasteiger partial charge >= 0.3 is 0 Å². The average Bonchev–Trinajstić information content (AvgIpc) is 3.44. The lowest BCUT2D eigenvalue weighted by Crippen LogP contribution is -3.20. The highest BCUT2D eigenvalue weighted by molar-refractivity contribution is 7.98. The quantitative estimate of drug-likeness (QED) is 0.448. The number of para-hydroxylation sites is 2. The van der Waals surface area contributed by atoms with Gasteiger partial charge in [-0.1, -0.05) is 35.5 Å². The van der Waals surface area contributed by atoms with Crippen LogP contribution in [-0.2, 0) is 17.1 Å². The van der Waals surface area contributed by atoms with Crippen LogP contribution >= 0.6 is 11.8 Å². The van der Waals surface area contributed by atoms with Crippen LogP contribution in [0.25, 0.3) is 0 Å². The highest BCUT2D eigenvalue weighted by Gasteiger charge is 2.48. The second-order valence-corrected chi connectivity index (χ2v) is 11.8. The number of ether oxygens (including phenoxy) is 1. The summed E-state index contributed by atoms with van der Waals surface area (Å²) in [6.45, 7) is 6.24. The number of piperazine rings is 1. The van der Waals surface area contributed by atoms with Crippen LogP contribution in [0, 0.1) is 11.8 Å². The number of methoxy groups -OCH3 is 1. The molecule has 7 rings (SSSR count). The number of fused-ring (bicyclic) bond motifs is 3. The van der Waals surface area contributed by atoms with Gasteiger partial charge in [-0.2, -0.15) is 0 Å². The van der Waals surface area contributed by atoms with Crippen LogP contribution in [0.15, 0.2) is 65.7 Å². The van der Waals surface area contributed by atoms with E-state index in [1.54, 1.807) is 23.8 Å². The number of hydrogen-bond donors (Lipinski definition) is 1. The topological polar surface area (TPSA) is 67.9 Å². The van der Waals surface area contributed by atoms with E-state index in [0.29, 0.717) is 17.9 Å². The number of rotatable bonds is 8. The molecule has 4 aliphatic heterocycles. The fourth-order valence-corrected chi connectivity index (χ4v) is 7.28. The van der Waals surface area contributed by atoms with Gasteiger partial charge < -0.3 is 19.4 Å². The molecule has 8 nitrogen and oxygen atoms in total. The molecule has 0 spiro atoms. The van der Waals surface area contributed by atoms with Gasteiger partial charge in [0.25, 0.3) is 0 Å². The summed E-state index contributed by atoms with van der Waals surface area (Å²) in [5, 5.41) is 8.84. The maximum Gasteiger partial charge on any atom is 0.231 e. The molecule has 200 valence electrons. The Morgan fingerprint density at radius 1 is 1.08 bits per heavy atom. The first-order valence-electron chi connectivity index (χ1n) is 13.8. The Morgan fingerprint density at radius 2 is 1.87 bits per heavy atom. The van der Waals surface area contributed by atoms with Gasteiger partial charge in [-0.15, -0.1) is 16.9 Å². The molecule has 0 saturated carbocycles. The molecule has 1 amide bonds. The number of nitrogens with one attached hydrogen (secondary N) is 1. The van der Waals surface area contributed by atoms with Crippen LogP contribution < -0.4 is 14.5 Å². The van der Waals surface area contributed by atoms with Crippen molar-refractivity contribution in [3.8, 4) is 5.75 Å². The maximum absolute atomic E-state index is 13.6. The lowest BCUT2D eigenvalue weighted by atomic mass is 9.75. The van der Waals surface area contributed by atoms with Crippen LogP contribution in [0.4, 0.5) is 5.69 Å². The summed E-state index contributed by atoms with van der Waals surface area (Å²) in [6, 6.07) is 19.1. The van der Waals surface area contributed by atoms with Crippen molar-refractivity contribution in [3.05, 3.63) is 66.5 Å². The van der Waals surface area contributed by atoms with E-state index in [2.05, 4.69) is 56.6 Å². The summed E-state index contributed by atoms with van der Waals surface area (Å²) in [6.07, 6.45) is 4.35. The van der Waals surface area contributed by atoms with Crippen molar-refractivity contribution in [2.24, 2.45) is 11.8 Å². The predicted molar refractivity (Wildman–Crippen MR) is 149 cm³/mol. The minimum Gasteiger partial charge on any atom is -0.495 e. The number of amides is 1. The van der Waals surface area contributed by atoms with E-state index < -0.39 is 0 Å². The molecule has 4 fully saturated rings. The van der Waals surface area contributed by atoms with Gasteiger partial charge in [-0.25, -0.2) is 4.68 Å². The Hall–Kier alpha value is -3.04. The molecule has 1 aromatic heterocycles. The Morgan fingerprint density at radius 3 is 2.63 bits per heavy atom. The number of nitrogens with zero attached hydrogens (tertiary/aromatic N) is 5. The van der Waals surface area contributed by atoms with Crippen LogP contribution in [0.3, 0.4) is 0 Å². The fourth-order valence-electron chi connectivity index (χ4n) is 6.49. The number of carbonyl (C=O) groups excluding carboxylic acids is 1. The van der Waals surface area contributed by atoms with Crippen molar-refractivity contribution in [2.45, 2.75) is 36.1 Å². The number of thioether (sulfide) groups is 1. The summed E-state index contributed by atoms with van der Waals surface area (Å²) in [7, 11) is 1.72. The third kappa shape index (κ3) is 5.40. The van der Waals surface area contributed by atoms with E-state index in [1.165, 1.54) is 4.90 Å². The van der Waals surface area contributed by atoms with E-state index in [4.69, 9.17) is 4.74 Å². The molecule has 4 atom stereocenters. The SMILES string of the molecule is COc1ccccc1N1CCN(C(=O)[C@H]2C[NH+]3CC[C@H]2C[C@@H]3Cn2cc(CSc3ccccc3)nn2)CC1. The van der Waals surface area contributed by atoms with Crippen molar-refractivity contribution in [2.75, 3.05) is 51.3 Å². The Kier molecular flexibility index (Phi) is 7.56. The van der Waals surface area contributed by atoms with Crippen LogP contribution in [0.1, 0.15) is 18.5 Å². The molecule has 4 aliphatic rings. The summed E-state index contributed by atoms with van der Waals surface area (Å²) in [4.78, 5) is 20.9. The van der Waals surface area contributed by atoms with Gasteiger partial charge in [0.1, 0.15) is 11.8 Å². The zero-order valence-electron chi connectivity index (χ0n) is 22.0. The lowest BCUT2D eigenvalue weighted by Gasteiger charge is -2.47. The van der Waals surface area contributed by atoms with Crippen molar-refractivity contribution < 1.29 is 14.4 Å². The van der Waals surface area contributed by atoms with Crippen LogP contribution in [-0.4, -0.2) is 78.2 Å². The molecule has 4 saturated heterocycles. The van der Waals surface area contributed by atoms with Gasteiger partial charge in [-0.05, 0) is 30.2 Å². The third-order valence-electron chi connectivity index (χ3n) is 8.51. The number of piperidine rings is 3. The fraction of sp³-hybridized carbons (Fsp3) is 0.483. The smallest absolute Gasteiger partial charge is 0.231 e. The van der Waals surface area contributed by atoms with E-state index in [-0.39, 0.29) is 5.92 Å². The second-order valence-electron chi connectivity index (χ2n) is 10.7. The second kappa shape index (κ2) is 11.4. The van der Waals surface area contributed by atoms with E-state index in [9.17, 15) is 4.79 Å². The summed E-state index contributed by atoms with van der Waals surface area (Å²) >= 11 is 1.79. The molecule has 1 N–H and O–H groups in total. The Labute approximate surface area is 228 Å². The molecular weight excluding hydrogens is 496 g/mol. The normalized spacial score (nSPS) is 25.0. The third-order valence-corrected chi connectivity index (χ3v) is 9.56. The van der Waals surface area contributed by atoms with Gasteiger partial charge in [0, 0.05) is 55.9 Å².